The van der Waals surface area contributed by atoms with Crippen LogP contribution in [0.15, 0.2) is 18.2 Å². The third-order valence-corrected chi connectivity index (χ3v) is 2.11. The maximum atomic E-state index is 8.94. The molecule has 0 heterocycles. The Morgan fingerprint density at radius 2 is 2.24 bits per heavy atom. The van der Waals surface area contributed by atoms with E-state index in [1.165, 1.54) is 5.01 Å². The van der Waals surface area contributed by atoms with Crippen molar-refractivity contribution < 1.29 is 14.9 Å². The number of hydrogen-bond donors (Lipinski definition) is 4. The van der Waals surface area contributed by atoms with Crippen LogP contribution in [0.1, 0.15) is 5.56 Å². The molecule has 1 aromatic carbocycles. The van der Waals surface area contributed by atoms with E-state index in [9.17, 15) is 0 Å². The molecule has 0 unspecified atom stereocenters. The lowest BCUT2D eigenvalue weighted by atomic mass is 10.2. The van der Waals surface area contributed by atoms with E-state index in [0.717, 1.165) is 5.69 Å². The Bertz CT molecular complexity index is 349. The standard InChI is InChI=1S/C8H11ClN2O2.CH4N2O/c1-11(10)8-4-2-3-7(9)6(8)5-13-12;2-3-1-4/h2-4,12H,5,10H2,1H3;1H,2H2,(H,3,4). The van der Waals surface area contributed by atoms with Crippen LogP contribution in [0.5, 0.6) is 0 Å². The number of hydrogen-bond acceptors (Lipinski definition) is 6. The number of benzene rings is 1. The van der Waals surface area contributed by atoms with Gasteiger partial charge in [-0.25, -0.2) is 16.6 Å². The van der Waals surface area contributed by atoms with Gasteiger partial charge in [-0.1, -0.05) is 17.7 Å². The van der Waals surface area contributed by atoms with Crippen molar-refractivity contribution in [2.75, 3.05) is 12.1 Å². The van der Waals surface area contributed by atoms with Crippen LogP contribution in [0.3, 0.4) is 0 Å². The van der Waals surface area contributed by atoms with Gasteiger partial charge >= 0.3 is 0 Å². The minimum absolute atomic E-state index is 0.0244. The summed E-state index contributed by atoms with van der Waals surface area (Å²) in [7, 11) is 1.69. The molecule has 0 spiro atoms. The molecule has 96 valence electrons. The lowest BCUT2D eigenvalue weighted by Gasteiger charge is -2.16. The summed E-state index contributed by atoms with van der Waals surface area (Å²) < 4.78 is 0. The molecule has 0 aliphatic carbocycles. The van der Waals surface area contributed by atoms with Crippen LogP contribution in [-0.2, 0) is 16.3 Å². The Labute approximate surface area is 104 Å². The average Bonchev–Trinajstić information content (AvgIpc) is 2.32. The Balaban J connectivity index is 0.000000557. The van der Waals surface area contributed by atoms with Gasteiger partial charge in [0.1, 0.15) is 6.61 Å². The van der Waals surface area contributed by atoms with Gasteiger partial charge in [0.25, 0.3) is 0 Å². The predicted molar refractivity (Wildman–Crippen MR) is 64.8 cm³/mol. The summed E-state index contributed by atoms with van der Waals surface area (Å²) in [6.45, 7) is 0.0244. The molecule has 0 aromatic heterocycles. The first-order valence-corrected chi connectivity index (χ1v) is 4.88. The minimum Gasteiger partial charge on any atom is -0.314 e. The predicted octanol–water partition coefficient (Wildman–Crippen LogP) is 0.246. The molecule has 0 fully saturated rings. The molecule has 1 rings (SSSR count). The second kappa shape index (κ2) is 8.74. The van der Waals surface area contributed by atoms with E-state index in [1.54, 1.807) is 30.7 Å². The summed E-state index contributed by atoms with van der Waals surface area (Å²) in [6.07, 6.45) is 0.403. The SMILES string of the molecule is CN(N)c1cccc(Cl)c1COO.NNC=O. The van der Waals surface area contributed by atoms with Gasteiger partial charge in [0.2, 0.25) is 6.41 Å². The first-order chi connectivity index (χ1) is 8.08. The van der Waals surface area contributed by atoms with E-state index in [-0.39, 0.29) is 6.61 Å². The maximum absolute atomic E-state index is 8.94. The van der Waals surface area contributed by atoms with Gasteiger partial charge in [0.15, 0.2) is 0 Å². The van der Waals surface area contributed by atoms with E-state index in [2.05, 4.69) is 10.7 Å². The normalized spacial score (nSPS) is 9.00. The number of carbonyl (C=O) groups is 1. The number of nitrogens with one attached hydrogen (secondary N) is 1. The van der Waals surface area contributed by atoms with Crippen LogP contribution in [0.4, 0.5) is 5.69 Å². The molecule has 0 aliphatic heterocycles. The monoisotopic (exact) mass is 262 g/mol. The fourth-order valence-corrected chi connectivity index (χ4v) is 1.31. The van der Waals surface area contributed by atoms with E-state index in [1.807, 2.05) is 0 Å². The molecule has 0 aliphatic rings. The molecule has 0 saturated carbocycles. The highest BCUT2D eigenvalue weighted by atomic mass is 35.5. The van der Waals surface area contributed by atoms with E-state index >= 15 is 0 Å². The Hall–Kier alpha value is -1.38. The molecule has 0 radical (unpaired) electrons. The highest BCUT2D eigenvalue weighted by molar-refractivity contribution is 6.31. The van der Waals surface area contributed by atoms with Gasteiger partial charge in [0, 0.05) is 17.6 Å². The van der Waals surface area contributed by atoms with Gasteiger partial charge in [-0.2, -0.15) is 0 Å². The summed E-state index contributed by atoms with van der Waals surface area (Å²) in [4.78, 5) is 13.0. The summed E-state index contributed by atoms with van der Waals surface area (Å²) >= 11 is 5.88. The van der Waals surface area contributed by atoms with Crippen molar-refractivity contribution in [2.24, 2.45) is 11.7 Å². The van der Waals surface area contributed by atoms with Crippen molar-refractivity contribution in [1.82, 2.24) is 5.43 Å². The van der Waals surface area contributed by atoms with Gasteiger partial charge in [0.05, 0.1) is 5.69 Å². The summed E-state index contributed by atoms with van der Waals surface area (Å²) in [5.41, 5.74) is 3.14. The summed E-state index contributed by atoms with van der Waals surface area (Å²) in [5.74, 6) is 9.96. The number of amides is 1. The number of rotatable bonds is 4. The molecule has 0 bridgehead atoms. The molecular weight excluding hydrogens is 248 g/mol. The molecule has 0 saturated heterocycles. The third kappa shape index (κ3) is 5.48. The van der Waals surface area contributed by atoms with E-state index in [0.29, 0.717) is 17.0 Å². The van der Waals surface area contributed by atoms with Gasteiger partial charge in [-0.15, -0.1) is 0 Å². The molecule has 17 heavy (non-hydrogen) atoms. The number of nitrogens with zero attached hydrogens (tertiary/aromatic N) is 1. The first-order valence-electron chi connectivity index (χ1n) is 4.50. The second-order valence-corrected chi connectivity index (χ2v) is 3.31. The number of hydrazine groups is 2. The molecule has 1 aromatic rings. The van der Waals surface area contributed by atoms with Crippen LogP contribution in [-0.4, -0.2) is 18.7 Å². The van der Waals surface area contributed by atoms with Crippen molar-refractivity contribution in [2.45, 2.75) is 6.61 Å². The van der Waals surface area contributed by atoms with Crippen molar-refractivity contribution >= 4 is 23.7 Å². The molecule has 8 heteroatoms. The molecule has 0 atom stereocenters. The number of carbonyl (C=O) groups excluding carboxylic acids is 1. The van der Waals surface area contributed by atoms with Gasteiger partial charge in [-0.3, -0.25) is 15.5 Å². The number of halogens is 1. The first kappa shape index (κ1) is 15.6. The summed E-state index contributed by atoms with van der Waals surface area (Å²) in [5, 5.41) is 10.3. The highest BCUT2D eigenvalue weighted by Crippen LogP contribution is 2.25. The molecule has 1 amide bonds. The van der Waals surface area contributed by atoms with Crippen LogP contribution in [0.25, 0.3) is 0 Å². The lowest BCUT2D eigenvalue weighted by molar-refractivity contribution is -0.252. The quantitative estimate of drug-likeness (QED) is 0.203. The Morgan fingerprint density at radius 3 is 2.65 bits per heavy atom. The van der Waals surface area contributed by atoms with Crippen molar-refractivity contribution in [3.05, 3.63) is 28.8 Å². The number of anilines is 1. The van der Waals surface area contributed by atoms with Crippen molar-refractivity contribution in [3.63, 3.8) is 0 Å². The van der Waals surface area contributed by atoms with Crippen LogP contribution >= 0.6 is 11.6 Å². The van der Waals surface area contributed by atoms with E-state index in [4.69, 9.17) is 27.5 Å². The van der Waals surface area contributed by atoms with E-state index < -0.39 is 0 Å². The maximum Gasteiger partial charge on any atom is 0.221 e. The molecule has 7 nitrogen and oxygen atoms in total. The van der Waals surface area contributed by atoms with Crippen LogP contribution in [0, 0.1) is 0 Å². The second-order valence-electron chi connectivity index (χ2n) is 2.91. The average molecular weight is 263 g/mol. The largest absolute Gasteiger partial charge is 0.314 e. The minimum atomic E-state index is 0.0244. The zero-order chi connectivity index (χ0) is 13.3. The Kier molecular flexibility index (Phi) is 8.03. The Morgan fingerprint density at radius 1 is 1.65 bits per heavy atom. The van der Waals surface area contributed by atoms with Crippen LogP contribution in [0.2, 0.25) is 5.02 Å². The zero-order valence-corrected chi connectivity index (χ0v) is 10.0. The van der Waals surface area contributed by atoms with Gasteiger partial charge < -0.3 is 5.01 Å². The highest BCUT2D eigenvalue weighted by Gasteiger charge is 2.08. The number of nitrogens with two attached hydrogens (primary N) is 2. The van der Waals surface area contributed by atoms with Crippen molar-refractivity contribution in [3.8, 4) is 0 Å². The zero-order valence-electron chi connectivity index (χ0n) is 9.26. The van der Waals surface area contributed by atoms with Crippen molar-refractivity contribution in [1.29, 1.82) is 0 Å². The fraction of sp³-hybridized carbons (Fsp3) is 0.222. The topological polar surface area (TPSA) is 114 Å². The fourth-order valence-electron chi connectivity index (χ4n) is 1.09. The smallest absolute Gasteiger partial charge is 0.221 e. The summed E-state index contributed by atoms with van der Waals surface area (Å²) in [6, 6.07) is 5.28. The molecular formula is C9H15ClN4O3. The third-order valence-electron chi connectivity index (χ3n) is 1.75. The van der Waals surface area contributed by atoms with Crippen LogP contribution < -0.4 is 22.1 Å². The lowest BCUT2D eigenvalue weighted by Crippen LogP contribution is -2.26. The molecule has 6 N–H and O–H groups in total. The van der Waals surface area contributed by atoms with Gasteiger partial charge in [-0.05, 0) is 12.1 Å².